The molecule has 0 unspecified atom stereocenters. The fourth-order valence-corrected chi connectivity index (χ4v) is 3.54. The number of pyridine rings is 1. The molecule has 0 bridgehead atoms. The van der Waals surface area contributed by atoms with Crippen LogP contribution in [-0.2, 0) is 22.4 Å². The molecule has 2 aromatic rings. The van der Waals surface area contributed by atoms with Crippen molar-refractivity contribution in [2.45, 2.75) is 57.9 Å². The smallest absolute Gasteiger partial charge is 0.475 e. The molecule has 1 amide bonds. The fourth-order valence-electron chi connectivity index (χ4n) is 3.54. The van der Waals surface area contributed by atoms with Gasteiger partial charge < -0.3 is 25.7 Å². The molecular weight excluding hydrogens is 578 g/mol. The molecule has 17 heteroatoms. The molecule has 0 radical (unpaired) electrons. The third-order valence-corrected chi connectivity index (χ3v) is 5.76. The minimum atomic E-state index is -5.08. The summed E-state index contributed by atoms with van der Waals surface area (Å²) in [5, 5.41) is 20.7. The normalized spacial score (nSPS) is 14.7. The predicted molar refractivity (Wildman–Crippen MR) is 137 cm³/mol. The van der Waals surface area contributed by atoms with Gasteiger partial charge in [0.05, 0.1) is 5.56 Å². The van der Waals surface area contributed by atoms with Crippen LogP contribution in [0, 0.1) is 5.92 Å². The number of aliphatic carboxylic acids is 2. The molecule has 0 atom stereocenters. The molecule has 2 aromatic heterocycles. The molecule has 0 spiro atoms. The van der Waals surface area contributed by atoms with Crippen molar-refractivity contribution in [3.8, 4) is 0 Å². The molecule has 11 nitrogen and oxygen atoms in total. The number of aromatic nitrogens is 3. The molecule has 3 heterocycles. The molecule has 0 aromatic carbocycles. The van der Waals surface area contributed by atoms with Crippen molar-refractivity contribution in [3.05, 3.63) is 41.5 Å². The second kappa shape index (κ2) is 14.6. The van der Waals surface area contributed by atoms with Crippen molar-refractivity contribution >= 4 is 29.5 Å². The highest BCUT2D eigenvalue weighted by Gasteiger charge is 2.39. The van der Waals surface area contributed by atoms with Crippen LogP contribution in [0.2, 0.25) is 0 Å². The zero-order valence-electron chi connectivity index (χ0n) is 22.6. The molecule has 4 rings (SSSR count). The van der Waals surface area contributed by atoms with E-state index in [2.05, 4.69) is 25.5 Å². The van der Waals surface area contributed by atoms with Gasteiger partial charge in [0.1, 0.15) is 18.0 Å². The molecule has 0 saturated heterocycles. The Balaban J connectivity index is 0.000000367. The first-order valence-corrected chi connectivity index (χ1v) is 12.7. The maximum absolute atomic E-state index is 12.8. The van der Waals surface area contributed by atoms with E-state index >= 15 is 0 Å². The highest BCUT2D eigenvalue weighted by Crippen LogP contribution is 2.30. The number of hydrogen-bond acceptors (Lipinski definition) is 8. The summed E-state index contributed by atoms with van der Waals surface area (Å²) in [6.07, 6.45) is -2.60. The van der Waals surface area contributed by atoms with E-state index in [1.54, 1.807) is 12.5 Å². The second-order valence-electron chi connectivity index (χ2n) is 9.60. The van der Waals surface area contributed by atoms with Crippen LogP contribution in [0.1, 0.15) is 48.3 Å². The Bertz CT molecular complexity index is 1200. The number of halogens is 6. The van der Waals surface area contributed by atoms with Gasteiger partial charge in [-0.1, -0.05) is 0 Å². The third-order valence-electron chi connectivity index (χ3n) is 5.76. The van der Waals surface area contributed by atoms with Gasteiger partial charge >= 0.3 is 24.3 Å². The molecule has 2 aliphatic rings. The van der Waals surface area contributed by atoms with Gasteiger partial charge in [0.25, 0.3) is 5.91 Å². The van der Waals surface area contributed by atoms with Crippen LogP contribution in [0.4, 0.5) is 38.0 Å². The van der Waals surface area contributed by atoms with Gasteiger partial charge in [-0.05, 0) is 56.7 Å². The molecule has 4 N–H and O–H groups in total. The van der Waals surface area contributed by atoms with Gasteiger partial charge in [-0.15, -0.1) is 0 Å². The zero-order chi connectivity index (χ0) is 31.7. The Morgan fingerprint density at radius 3 is 2.07 bits per heavy atom. The van der Waals surface area contributed by atoms with E-state index in [0.29, 0.717) is 5.56 Å². The van der Waals surface area contributed by atoms with E-state index in [4.69, 9.17) is 24.8 Å². The van der Waals surface area contributed by atoms with Gasteiger partial charge in [0.15, 0.2) is 0 Å². The molecule has 1 saturated carbocycles. The van der Waals surface area contributed by atoms with Crippen LogP contribution >= 0.6 is 0 Å². The van der Waals surface area contributed by atoms with Crippen LogP contribution in [0.5, 0.6) is 0 Å². The lowest BCUT2D eigenvalue weighted by atomic mass is 10.0. The summed E-state index contributed by atoms with van der Waals surface area (Å²) in [5.74, 6) is -3.19. The Morgan fingerprint density at radius 1 is 1.02 bits per heavy atom. The van der Waals surface area contributed by atoms with E-state index in [0.717, 1.165) is 61.3 Å². The number of nitrogens with one attached hydrogen (secondary N) is 2. The van der Waals surface area contributed by atoms with E-state index in [1.807, 2.05) is 26.0 Å². The van der Waals surface area contributed by atoms with Crippen LogP contribution in [0.15, 0.2) is 24.7 Å². The first-order chi connectivity index (χ1) is 19.5. The van der Waals surface area contributed by atoms with Crippen LogP contribution in [0.3, 0.4) is 0 Å². The average Bonchev–Trinajstić information content (AvgIpc) is 3.73. The van der Waals surface area contributed by atoms with Crippen molar-refractivity contribution in [1.82, 2.24) is 20.3 Å². The van der Waals surface area contributed by atoms with Crippen LogP contribution in [0.25, 0.3) is 0 Å². The number of carboxylic acid groups (broad SMARTS) is 2. The number of carboxylic acids is 2. The van der Waals surface area contributed by atoms with Gasteiger partial charge in [-0.2, -0.15) is 26.3 Å². The topological polar surface area (TPSA) is 158 Å². The first kappa shape index (κ1) is 34.0. The quantitative estimate of drug-likeness (QED) is 0.357. The van der Waals surface area contributed by atoms with Crippen molar-refractivity contribution < 1.29 is 50.9 Å². The Hall–Kier alpha value is -4.18. The minimum Gasteiger partial charge on any atom is -0.475 e. The van der Waals surface area contributed by atoms with E-state index < -0.39 is 24.3 Å². The number of alkyl halides is 6. The number of nitrogens with zero attached hydrogens (tertiary/aromatic N) is 4. The van der Waals surface area contributed by atoms with Gasteiger partial charge in [0, 0.05) is 44.0 Å². The molecule has 1 aliphatic carbocycles. The molecule has 1 aliphatic heterocycles. The van der Waals surface area contributed by atoms with Crippen molar-refractivity contribution in [3.63, 3.8) is 0 Å². The number of hydrogen-bond donors (Lipinski definition) is 4. The van der Waals surface area contributed by atoms with Gasteiger partial charge in [-0.25, -0.2) is 24.5 Å². The molecule has 1 fully saturated rings. The van der Waals surface area contributed by atoms with E-state index in [9.17, 15) is 31.1 Å². The lowest BCUT2D eigenvalue weighted by molar-refractivity contribution is -0.193. The highest BCUT2D eigenvalue weighted by atomic mass is 19.4. The predicted octanol–water partition coefficient (Wildman–Crippen LogP) is 3.70. The summed E-state index contributed by atoms with van der Waals surface area (Å²) in [4.78, 5) is 46.1. The number of amides is 1. The lowest BCUT2D eigenvalue weighted by Crippen LogP contribution is -2.31. The first-order valence-electron chi connectivity index (χ1n) is 12.7. The average molecular weight is 609 g/mol. The summed E-state index contributed by atoms with van der Waals surface area (Å²) in [6, 6.07) is 4.07. The summed E-state index contributed by atoms with van der Waals surface area (Å²) in [6.45, 7) is 6.56. The monoisotopic (exact) mass is 608 g/mol. The minimum absolute atomic E-state index is 0.0551. The zero-order valence-corrected chi connectivity index (χ0v) is 22.6. The number of carbonyl (C=O) groups is 3. The Kier molecular flexibility index (Phi) is 11.9. The third kappa shape index (κ3) is 11.4. The summed E-state index contributed by atoms with van der Waals surface area (Å²) in [7, 11) is 0. The second-order valence-corrected chi connectivity index (χ2v) is 9.60. The standard InChI is InChI=1S/C21H28N6O.2C2HF3O2/c1-14(2)25-21(28)17-11-16-6-9-27(19-5-8-22-13-24-19)10-7-18(16)26-20(17)23-12-15-3-4-15;2*3-2(4,5)1(6)7/h5,8,11,13-15H,3-4,6-7,9-10,12H2,1-2H3,(H,23,26)(H,25,28);2*(H,6,7). The number of carbonyl (C=O) groups excluding carboxylic acids is 1. The Morgan fingerprint density at radius 2 is 1.60 bits per heavy atom. The SMILES string of the molecule is CC(C)NC(=O)c1cc2c(nc1NCC1CC1)CCN(c1ccncn1)CC2.O=C(O)C(F)(F)F.O=C(O)C(F)(F)F. The fraction of sp³-hybridized carbons (Fsp3) is 0.520. The van der Waals surface area contributed by atoms with Gasteiger partial charge in [0.2, 0.25) is 0 Å². The van der Waals surface area contributed by atoms with Crippen LogP contribution < -0.4 is 15.5 Å². The molecular formula is C25H30F6N6O5. The molecule has 232 valence electrons. The Labute approximate surface area is 236 Å². The number of anilines is 2. The summed E-state index contributed by atoms with van der Waals surface area (Å²) >= 11 is 0. The maximum atomic E-state index is 12.8. The molecule has 42 heavy (non-hydrogen) atoms. The van der Waals surface area contributed by atoms with Crippen molar-refractivity contribution in [2.75, 3.05) is 29.9 Å². The lowest BCUT2D eigenvalue weighted by Gasteiger charge is -2.20. The number of fused-ring (bicyclic) bond motifs is 1. The highest BCUT2D eigenvalue weighted by molar-refractivity contribution is 5.99. The van der Waals surface area contributed by atoms with Gasteiger partial charge in [-0.3, -0.25) is 4.79 Å². The largest absolute Gasteiger partial charge is 0.490 e. The van der Waals surface area contributed by atoms with Crippen molar-refractivity contribution in [2.24, 2.45) is 5.92 Å². The van der Waals surface area contributed by atoms with E-state index in [-0.39, 0.29) is 11.9 Å². The summed E-state index contributed by atoms with van der Waals surface area (Å²) < 4.78 is 63.5. The van der Waals surface area contributed by atoms with Crippen LogP contribution in [-0.4, -0.2) is 81.0 Å². The summed E-state index contributed by atoms with van der Waals surface area (Å²) in [5.41, 5.74) is 2.89. The number of rotatable bonds is 6. The van der Waals surface area contributed by atoms with Crippen molar-refractivity contribution in [1.29, 1.82) is 0 Å². The van der Waals surface area contributed by atoms with E-state index in [1.165, 1.54) is 12.8 Å². The maximum Gasteiger partial charge on any atom is 0.490 e.